The lowest BCUT2D eigenvalue weighted by Crippen LogP contribution is -2.43. The Bertz CT molecular complexity index is 2020. The molecule has 0 aliphatic carbocycles. The van der Waals surface area contributed by atoms with Crippen molar-refractivity contribution in [3.8, 4) is 23.7 Å². The predicted octanol–water partition coefficient (Wildman–Crippen LogP) is 7.02. The predicted molar refractivity (Wildman–Crippen MR) is 197 cm³/mol. The summed E-state index contributed by atoms with van der Waals surface area (Å²) in [4.78, 5) is 12.8. The van der Waals surface area contributed by atoms with E-state index >= 15 is 0 Å². The van der Waals surface area contributed by atoms with E-state index < -0.39 is 44.9 Å². The number of benzene rings is 4. The maximum atomic E-state index is 14.4. The molecule has 0 radical (unpaired) electrons. The van der Waals surface area contributed by atoms with Crippen molar-refractivity contribution in [2.24, 2.45) is 0 Å². The normalized spacial score (nSPS) is 10.9. The van der Waals surface area contributed by atoms with E-state index in [1.54, 1.807) is 79.7 Å². The molecule has 0 aliphatic heterocycles. The van der Waals surface area contributed by atoms with Crippen molar-refractivity contribution >= 4 is 57.9 Å². The molecule has 0 saturated heterocycles. The van der Waals surface area contributed by atoms with Crippen molar-refractivity contribution in [1.82, 2.24) is 8.61 Å². The fourth-order valence-electron chi connectivity index (χ4n) is 4.30. The van der Waals surface area contributed by atoms with Crippen LogP contribution in [0.5, 0.6) is 0 Å². The molecule has 0 N–H and O–H groups in total. The number of sulfonamides is 2. The third-order valence-electron chi connectivity index (χ3n) is 6.86. The second-order valence-electron chi connectivity index (χ2n) is 10.5. The van der Waals surface area contributed by atoms with Crippen molar-refractivity contribution < 1.29 is 26.4 Å². The molecule has 8 nitrogen and oxygen atoms in total. The van der Waals surface area contributed by atoms with Crippen LogP contribution in [-0.4, -0.2) is 51.1 Å². The van der Waals surface area contributed by atoms with E-state index in [-0.39, 0.29) is 16.4 Å². The zero-order valence-corrected chi connectivity index (χ0v) is 31.7. The SMILES string of the molecule is CCOC(=O)C=C(N(CC#Cc1ccc(Br)cc1)S(=O)(=O)c1ccc(C)cc1)N(CC#Cc1ccc(Br)cc1)S(=O)(=O)c1ccc(C)cc1. The van der Waals surface area contributed by atoms with Gasteiger partial charge in [-0.2, -0.15) is 0 Å². The Labute approximate surface area is 305 Å². The van der Waals surface area contributed by atoms with E-state index in [1.165, 1.54) is 24.3 Å². The molecule has 252 valence electrons. The van der Waals surface area contributed by atoms with Crippen molar-refractivity contribution in [3.63, 3.8) is 0 Å². The van der Waals surface area contributed by atoms with E-state index in [2.05, 4.69) is 55.5 Å². The first-order chi connectivity index (χ1) is 23.3. The Morgan fingerprint density at radius 1 is 0.653 bits per heavy atom. The van der Waals surface area contributed by atoms with Gasteiger partial charge in [-0.15, -0.1) is 0 Å². The average Bonchev–Trinajstić information content (AvgIpc) is 3.06. The van der Waals surface area contributed by atoms with Crippen molar-refractivity contribution in [3.05, 3.63) is 140 Å². The van der Waals surface area contributed by atoms with Gasteiger partial charge in [-0.05, 0) is 93.6 Å². The molecule has 4 aromatic rings. The van der Waals surface area contributed by atoms with E-state index in [9.17, 15) is 21.6 Å². The maximum Gasteiger partial charge on any atom is 0.334 e. The van der Waals surface area contributed by atoms with Gasteiger partial charge >= 0.3 is 5.97 Å². The van der Waals surface area contributed by atoms with E-state index in [0.717, 1.165) is 34.8 Å². The lowest BCUT2D eigenvalue weighted by Gasteiger charge is -2.32. The second kappa shape index (κ2) is 16.9. The Morgan fingerprint density at radius 2 is 1.02 bits per heavy atom. The standard InChI is InChI=1S/C37H32Br2N2O6S2/c1-4-47-37(42)27-36(40(25-5-7-30-13-17-32(38)18-14-30)48(43,44)34-21-9-28(2)10-22-34)41(26-6-8-31-15-19-33(39)20-16-31)49(45,46)35-23-11-29(3)12-24-35/h9-24,27H,4,25-26H2,1-3H3. The lowest BCUT2D eigenvalue weighted by molar-refractivity contribution is -0.137. The van der Waals surface area contributed by atoms with Crippen LogP contribution in [0.1, 0.15) is 29.2 Å². The molecule has 0 unspecified atom stereocenters. The number of esters is 1. The van der Waals surface area contributed by atoms with Gasteiger partial charge < -0.3 is 4.74 Å². The zero-order valence-electron chi connectivity index (χ0n) is 26.9. The molecule has 49 heavy (non-hydrogen) atoms. The first-order valence-electron chi connectivity index (χ1n) is 14.9. The van der Waals surface area contributed by atoms with Gasteiger partial charge in [-0.3, -0.25) is 0 Å². The molecule has 0 spiro atoms. The Morgan fingerprint density at radius 3 is 1.37 bits per heavy atom. The van der Waals surface area contributed by atoms with Crippen LogP contribution < -0.4 is 0 Å². The molecule has 0 saturated carbocycles. The third-order valence-corrected chi connectivity index (χ3v) is 11.4. The minimum Gasteiger partial charge on any atom is -0.463 e. The van der Waals surface area contributed by atoms with Crippen molar-refractivity contribution in [2.75, 3.05) is 19.7 Å². The topological polar surface area (TPSA) is 101 Å². The number of ether oxygens (including phenoxy) is 1. The van der Waals surface area contributed by atoms with Crippen LogP contribution in [0.2, 0.25) is 0 Å². The minimum absolute atomic E-state index is 0.0369. The van der Waals surface area contributed by atoms with Crippen LogP contribution in [0.3, 0.4) is 0 Å². The number of hydrogen-bond acceptors (Lipinski definition) is 6. The third kappa shape index (κ3) is 10.1. The van der Waals surface area contributed by atoms with Crippen LogP contribution in [0.15, 0.2) is 128 Å². The first kappa shape index (κ1) is 37.5. The van der Waals surface area contributed by atoms with Crippen LogP contribution in [0, 0.1) is 37.5 Å². The highest BCUT2D eigenvalue weighted by atomic mass is 79.9. The number of halogens is 2. The summed E-state index contributed by atoms with van der Waals surface area (Å²) < 4.78 is 66.2. The molecule has 0 heterocycles. The van der Waals surface area contributed by atoms with E-state index in [1.807, 2.05) is 13.8 Å². The molecule has 12 heteroatoms. The van der Waals surface area contributed by atoms with Gasteiger partial charge in [-0.1, -0.05) is 90.9 Å². The molecule has 0 fully saturated rings. The van der Waals surface area contributed by atoms with Crippen LogP contribution in [0.4, 0.5) is 0 Å². The number of carbonyl (C=O) groups excluding carboxylic acids is 1. The molecular formula is C37H32Br2N2O6S2. The van der Waals surface area contributed by atoms with Gasteiger partial charge in [0.05, 0.1) is 35.6 Å². The highest BCUT2D eigenvalue weighted by Gasteiger charge is 2.36. The number of nitrogens with zero attached hydrogens (tertiary/aromatic N) is 2. The summed E-state index contributed by atoms with van der Waals surface area (Å²) in [6.07, 6.45) is 0.851. The highest BCUT2D eigenvalue weighted by Crippen LogP contribution is 2.28. The Kier molecular flexibility index (Phi) is 12.9. The maximum absolute atomic E-state index is 14.4. The summed E-state index contributed by atoms with van der Waals surface area (Å²) in [5.41, 5.74) is 2.82. The number of aryl methyl sites for hydroxylation is 2. The summed E-state index contributed by atoms with van der Waals surface area (Å²) in [6.45, 7) is 4.13. The minimum atomic E-state index is -4.53. The van der Waals surface area contributed by atoms with Crippen LogP contribution >= 0.6 is 31.9 Å². The van der Waals surface area contributed by atoms with Gasteiger partial charge in [0.15, 0.2) is 0 Å². The number of carbonyl (C=O) groups is 1. The molecule has 0 bridgehead atoms. The number of rotatable bonds is 10. The van der Waals surface area contributed by atoms with Gasteiger partial charge in [0.2, 0.25) is 0 Å². The first-order valence-corrected chi connectivity index (χ1v) is 19.3. The Balaban J connectivity index is 1.96. The molecule has 0 aromatic heterocycles. The quantitative estimate of drug-likeness (QED) is 0.0969. The summed E-state index contributed by atoms with van der Waals surface area (Å²) in [5.74, 6) is 10.1. The monoisotopic (exact) mass is 822 g/mol. The summed E-state index contributed by atoms with van der Waals surface area (Å²) >= 11 is 6.76. The smallest absolute Gasteiger partial charge is 0.334 e. The Hall–Kier alpha value is -4.33. The second-order valence-corrected chi connectivity index (χ2v) is 16.1. The molecule has 0 aliphatic rings. The van der Waals surface area contributed by atoms with E-state index in [4.69, 9.17) is 4.74 Å². The highest BCUT2D eigenvalue weighted by molar-refractivity contribution is 9.10. The molecule has 4 rings (SSSR count). The molecule has 0 atom stereocenters. The number of hydrogen-bond donors (Lipinski definition) is 0. The summed E-state index contributed by atoms with van der Waals surface area (Å²) in [7, 11) is -9.05. The van der Waals surface area contributed by atoms with Crippen LogP contribution in [-0.2, 0) is 29.6 Å². The fraction of sp³-hybridized carbons (Fsp3) is 0.162. The van der Waals surface area contributed by atoms with Gasteiger partial charge in [0.1, 0.15) is 5.82 Å². The summed E-state index contributed by atoms with van der Waals surface area (Å²) in [6, 6.07) is 26.3. The van der Waals surface area contributed by atoms with Gasteiger partial charge in [-0.25, -0.2) is 30.2 Å². The largest absolute Gasteiger partial charge is 0.463 e. The molecular weight excluding hydrogens is 792 g/mol. The lowest BCUT2D eigenvalue weighted by atomic mass is 10.2. The average molecular weight is 825 g/mol. The van der Waals surface area contributed by atoms with Gasteiger partial charge in [0.25, 0.3) is 20.0 Å². The zero-order chi connectivity index (χ0) is 35.6. The van der Waals surface area contributed by atoms with E-state index in [0.29, 0.717) is 11.1 Å². The van der Waals surface area contributed by atoms with Crippen LogP contribution in [0.25, 0.3) is 0 Å². The van der Waals surface area contributed by atoms with Gasteiger partial charge in [0, 0.05) is 20.1 Å². The molecule has 0 amide bonds. The van der Waals surface area contributed by atoms with Crippen molar-refractivity contribution in [2.45, 2.75) is 30.6 Å². The summed E-state index contributed by atoms with van der Waals surface area (Å²) in [5, 5.41) is 0. The fourth-order valence-corrected chi connectivity index (χ4v) is 7.62. The van der Waals surface area contributed by atoms with Crippen molar-refractivity contribution in [1.29, 1.82) is 0 Å². The molecule has 4 aromatic carbocycles.